The Balaban J connectivity index is 1.14. The molecule has 2 saturated carbocycles. The molecule has 0 bridgehead atoms. The van der Waals surface area contributed by atoms with Gasteiger partial charge in [-0.25, -0.2) is 0 Å². The van der Waals surface area contributed by atoms with E-state index in [0.717, 1.165) is 64.2 Å². The first-order valence-electron chi connectivity index (χ1n) is 18.4. The van der Waals surface area contributed by atoms with Gasteiger partial charge in [0, 0.05) is 37.8 Å². The van der Waals surface area contributed by atoms with Crippen molar-refractivity contribution in [3.63, 3.8) is 0 Å². The van der Waals surface area contributed by atoms with Gasteiger partial charge < -0.3 is 35.6 Å². The maximum absolute atomic E-state index is 12.9. The number of piperazine rings is 1. The lowest BCUT2D eigenvalue weighted by Gasteiger charge is -2.44. The third kappa shape index (κ3) is 12.2. The quantitative estimate of drug-likeness (QED) is 0.115. The zero-order valence-electron chi connectivity index (χ0n) is 29.2. The number of nitrogens with one attached hydrogen (secondary N) is 3. The van der Waals surface area contributed by atoms with Crippen molar-refractivity contribution in [2.75, 3.05) is 81.1 Å². The molecule has 0 spiro atoms. The van der Waals surface area contributed by atoms with Crippen LogP contribution in [0.25, 0.3) is 0 Å². The first kappa shape index (κ1) is 37.3. The van der Waals surface area contributed by atoms with E-state index in [1.165, 1.54) is 64.2 Å². The fourth-order valence-electron chi connectivity index (χ4n) is 7.58. The Hall–Kier alpha value is -1.56. The van der Waals surface area contributed by atoms with E-state index in [1.807, 2.05) is 13.8 Å². The van der Waals surface area contributed by atoms with E-state index in [1.54, 1.807) is 0 Å². The Labute approximate surface area is 278 Å². The van der Waals surface area contributed by atoms with Crippen molar-refractivity contribution in [3.8, 4) is 0 Å². The molecule has 3 fully saturated rings. The van der Waals surface area contributed by atoms with Crippen LogP contribution >= 0.6 is 7.60 Å². The van der Waals surface area contributed by atoms with Crippen LogP contribution in [0.2, 0.25) is 0 Å². The molecule has 2 atom stereocenters. The van der Waals surface area contributed by atoms with Gasteiger partial charge in [-0.1, -0.05) is 19.3 Å². The van der Waals surface area contributed by atoms with E-state index < -0.39 is 7.60 Å². The van der Waals surface area contributed by atoms with E-state index in [0.29, 0.717) is 37.2 Å². The van der Waals surface area contributed by atoms with Gasteiger partial charge in [-0.15, -0.1) is 0 Å². The first-order valence-corrected chi connectivity index (χ1v) is 20.1. The summed E-state index contributed by atoms with van der Waals surface area (Å²) in [6.45, 7) is 15.6. The molecule has 1 saturated heterocycles. The van der Waals surface area contributed by atoms with E-state index in [-0.39, 0.29) is 18.0 Å². The minimum absolute atomic E-state index is 0.251. The maximum Gasteiger partial charge on any atom is 0.330 e. The van der Waals surface area contributed by atoms with Crippen LogP contribution in [0.4, 0.5) is 17.8 Å². The summed E-state index contributed by atoms with van der Waals surface area (Å²) in [5, 5.41) is 11.0. The molecule has 1 aromatic rings. The summed E-state index contributed by atoms with van der Waals surface area (Å²) in [7, 11) is -3.02. The SMILES string of the molecule is CCOP(=O)(CCCN1C(C)CN(c2nc(N)nc(NCC3CCC(CNCCCNC4CCCCC4)CC3)n2)CC1C)OCC. The summed E-state index contributed by atoms with van der Waals surface area (Å²) in [5.41, 5.74) is 6.16. The van der Waals surface area contributed by atoms with Gasteiger partial charge in [0.15, 0.2) is 0 Å². The van der Waals surface area contributed by atoms with Crippen molar-refractivity contribution in [1.29, 1.82) is 0 Å². The first-order chi connectivity index (χ1) is 22.3. The standard InChI is InChI=1S/C33H64N9O3P/c1-5-44-46(43,45-6-2)21-11-20-42-26(3)24-41(25-27(42)4)33-39-31(34)38-32(40-33)37-23-29-16-14-28(15-17-29)22-35-18-10-19-36-30-12-8-7-9-13-30/h26-30,35-36H,5-25H2,1-4H3,(H3,34,37,38,39,40). The normalized spacial score (nSPS) is 25.2. The molecule has 1 aliphatic heterocycles. The molecule has 46 heavy (non-hydrogen) atoms. The maximum atomic E-state index is 12.9. The highest BCUT2D eigenvalue weighted by atomic mass is 31.2. The summed E-state index contributed by atoms with van der Waals surface area (Å²) in [6.07, 6.45) is 14.4. The number of anilines is 3. The smallest absolute Gasteiger partial charge is 0.330 e. The van der Waals surface area contributed by atoms with Crippen LogP contribution in [0.3, 0.4) is 0 Å². The summed E-state index contributed by atoms with van der Waals surface area (Å²) < 4.78 is 23.8. The molecule has 0 aromatic carbocycles. The zero-order chi connectivity index (χ0) is 32.8. The number of aromatic nitrogens is 3. The van der Waals surface area contributed by atoms with Crippen LogP contribution in [-0.4, -0.2) is 103 Å². The lowest BCUT2D eigenvalue weighted by Crippen LogP contribution is -2.57. The fraction of sp³-hybridized carbons (Fsp3) is 0.909. The Morgan fingerprint density at radius 1 is 0.848 bits per heavy atom. The molecule has 3 aliphatic rings. The van der Waals surface area contributed by atoms with Gasteiger partial charge >= 0.3 is 7.60 Å². The topological polar surface area (TPSA) is 143 Å². The molecule has 5 N–H and O–H groups in total. The predicted molar refractivity (Wildman–Crippen MR) is 189 cm³/mol. The van der Waals surface area contributed by atoms with Crippen molar-refractivity contribution < 1.29 is 13.6 Å². The number of nitrogens with two attached hydrogens (primary N) is 1. The predicted octanol–water partition coefficient (Wildman–Crippen LogP) is 5.13. The van der Waals surface area contributed by atoms with E-state index in [9.17, 15) is 4.57 Å². The number of nitrogens with zero attached hydrogens (tertiary/aromatic N) is 5. The van der Waals surface area contributed by atoms with Gasteiger partial charge in [-0.05, 0) is 117 Å². The number of hydrogen-bond acceptors (Lipinski definition) is 12. The molecule has 0 radical (unpaired) electrons. The second kappa shape index (κ2) is 19.4. The second-order valence-electron chi connectivity index (χ2n) is 13.8. The largest absolute Gasteiger partial charge is 0.368 e. The van der Waals surface area contributed by atoms with E-state index >= 15 is 0 Å². The molecular weight excluding hydrogens is 601 g/mol. The molecule has 2 heterocycles. The molecule has 2 aliphatic carbocycles. The minimum Gasteiger partial charge on any atom is -0.368 e. The van der Waals surface area contributed by atoms with Crippen molar-refractivity contribution in [2.45, 2.75) is 116 Å². The van der Waals surface area contributed by atoms with Crippen molar-refractivity contribution in [2.24, 2.45) is 11.8 Å². The Morgan fingerprint density at radius 3 is 2.15 bits per heavy atom. The Kier molecular flexibility index (Phi) is 15.7. The van der Waals surface area contributed by atoms with Gasteiger partial charge in [0.1, 0.15) is 0 Å². The highest BCUT2D eigenvalue weighted by Crippen LogP contribution is 2.48. The van der Waals surface area contributed by atoms with Gasteiger partial charge in [0.25, 0.3) is 0 Å². The summed E-state index contributed by atoms with van der Waals surface area (Å²) >= 11 is 0. The highest BCUT2D eigenvalue weighted by Gasteiger charge is 2.32. The third-order valence-corrected chi connectivity index (χ3v) is 12.2. The van der Waals surface area contributed by atoms with E-state index in [2.05, 4.69) is 49.6 Å². The van der Waals surface area contributed by atoms with Crippen LogP contribution in [0.1, 0.15) is 98.3 Å². The van der Waals surface area contributed by atoms with Crippen LogP contribution in [-0.2, 0) is 13.6 Å². The van der Waals surface area contributed by atoms with Crippen LogP contribution in [0, 0.1) is 11.8 Å². The monoisotopic (exact) mass is 665 g/mol. The van der Waals surface area contributed by atoms with Gasteiger partial charge in [-0.2, -0.15) is 15.0 Å². The Morgan fingerprint density at radius 2 is 1.50 bits per heavy atom. The molecule has 4 rings (SSSR count). The van der Waals surface area contributed by atoms with Crippen molar-refractivity contribution >= 4 is 25.4 Å². The average Bonchev–Trinajstić information content (AvgIpc) is 3.04. The summed E-state index contributed by atoms with van der Waals surface area (Å²) in [6, 6.07) is 1.32. The van der Waals surface area contributed by atoms with Crippen LogP contribution < -0.4 is 26.6 Å². The average molecular weight is 666 g/mol. The zero-order valence-corrected chi connectivity index (χ0v) is 30.1. The molecule has 0 amide bonds. The fourth-order valence-corrected chi connectivity index (χ4v) is 9.22. The second-order valence-corrected chi connectivity index (χ2v) is 16.0. The van der Waals surface area contributed by atoms with Gasteiger partial charge in [-0.3, -0.25) is 9.46 Å². The lowest BCUT2D eigenvalue weighted by molar-refractivity contribution is 0.130. The number of nitrogen functional groups attached to an aromatic ring is 1. The van der Waals surface area contributed by atoms with E-state index in [4.69, 9.17) is 19.8 Å². The summed E-state index contributed by atoms with van der Waals surface area (Å²) in [4.78, 5) is 18.4. The molecule has 264 valence electrons. The minimum atomic E-state index is -3.02. The van der Waals surface area contributed by atoms with Crippen molar-refractivity contribution in [1.82, 2.24) is 30.5 Å². The van der Waals surface area contributed by atoms with Crippen molar-refractivity contribution in [3.05, 3.63) is 0 Å². The number of rotatable bonds is 19. The van der Waals surface area contributed by atoms with Crippen LogP contribution in [0.15, 0.2) is 0 Å². The molecular formula is C33H64N9O3P. The molecule has 1 aromatic heterocycles. The van der Waals surface area contributed by atoms with Gasteiger partial charge in [0.05, 0.1) is 19.4 Å². The van der Waals surface area contributed by atoms with Crippen LogP contribution in [0.5, 0.6) is 0 Å². The Bertz CT molecular complexity index is 1030. The summed E-state index contributed by atoms with van der Waals surface area (Å²) in [5.74, 6) is 2.86. The van der Waals surface area contributed by atoms with Gasteiger partial charge in [0.2, 0.25) is 17.8 Å². The highest BCUT2D eigenvalue weighted by molar-refractivity contribution is 7.53. The third-order valence-electron chi connectivity index (χ3n) is 10.0. The number of hydrogen-bond donors (Lipinski definition) is 4. The molecule has 13 heteroatoms. The molecule has 2 unspecified atom stereocenters. The lowest BCUT2D eigenvalue weighted by atomic mass is 9.82. The molecule has 12 nitrogen and oxygen atoms in total.